The molecule has 2 heterocycles. The van der Waals surface area contributed by atoms with Gasteiger partial charge in [-0.1, -0.05) is 44.9 Å². The van der Waals surface area contributed by atoms with Crippen molar-refractivity contribution < 1.29 is 27.2 Å². The second-order valence-electron chi connectivity index (χ2n) is 9.30. The zero-order valence-electron chi connectivity index (χ0n) is 20.8. The van der Waals surface area contributed by atoms with Crippen LogP contribution in [0.25, 0.3) is 0 Å². The van der Waals surface area contributed by atoms with E-state index in [4.69, 9.17) is 4.42 Å². The normalized spacial score (nSPS) is 15.8. The molecule has 0 spiro atoms. The number of Topliss-reactive ketones (excluding diaryl/α,β-unsaturated/α-hetero) is 1. The van der Waals surface area contributed by atoms with Gasteiger partial charge in [0.1, 0.15) is 0 Å². The summed E-state index contributed by atoms with van der Waals surface area (Å²) in [5.74, 6) is -0.386. The topological polar surface area (TPSA) is 149 Å². The zero-order valence-corrected chi connectivity index (χ0v) is 22.4. The predicted octanol–water partition coefficient (Wildman–Crippen LogP) is 2.41. The Morgan fingerprint density at radius 3 is 2.64 bits per heavy atom. The summed E-state index contributed by atoms with van der Waals surface area (Å²) < 4.78 is 32.1. The number of carbonyl (C=O) groups excluding carboxylic acids is 2. The molecule has 0 saturated heterocycles. The largest absolute Gasteiger partial charge is 0.618 e. The first-order valence-electron chi connectivity index (χ1n) is 12.0. The molecule has 0 bridgehead atoms. The van der Waals surface area contributed by atoms with E-state index in [2.05, 4.69) is 15.5 Å². The maximum absolute atomic E-state index is 13.1. The first-order chi connectivity index (χ1) is 17.1. The van der Waals surface area contributed by atoms with E-state index in [1.165, 1.54) is 25.2 Å². The van der Waals surface area contributed by atoms with E-state index in [0.717, 1.165) is 54.4 Å². The van der Waals surface area contributed by atoms with E-state index in [-0.39, 0.29) is 46.2 Å². The molecule has 1 saturated carbocycles. The molecule has 0 aliphatic heterocycles. The summed E-state index contributed by atoms with van der Waals surface area (Å²) in [6, 6.07) is 3.41. The SMILES string of the molecule is CC(C)C[C@H](NC(=O)C1CCCCC1)C(=O)c1nnc(SCCN(C)S(=O)(=O)c2cccc[n+]2[O-])o1. The Balaban J connectivity index is 1.58. The number of thioether (sulfide) groups is 1. The molecule has 1 fully saturated rings. The van der Waals surface area contributed by atoms with Crippen LogP contribution in [0.4, 0.5) is 0 Å². The van der Waals surface area contributed by atoms with Gasteiger partial charge < -0.3 is 14.9 Å². The van der Waals surface area contributed by atoms with E-state index in [1.54, 1.807) is 0 Å². The molecule has 0 radical (unpaired) electrons. The molecule has 198 valence electrons. The number of aromatic nitrogens is 3. The summed E-state index contributed by atoms with van der Waals surface area (Å²) >= 11 is 1.09. The molecule has 1 N–H and O–H groups in total. The average molecular weight is 540 g/mol. The Hall–Kier alpha value is -2.51. The van der Waals surface area contributed by atoms with Crippen LogP contribution >= 0.6 is 11.8 Å². The molecule has 3 rings (SSSR count). The highest BCUT2D eigenvalue weighted by Gasteiger charge is 2.31. The molecule has 11 nitrogen and oxygen atoms in total. The van der Waals surface area contributed by atoms with Crippen molar-refractivity contribution in [1.82, 2.24) is 19.8 Å². The van der Waals surface area contributed by atoms with Crippen molar-refractivity contribution in [3.8, 4) is 0 Å². The first-order valence-corrected chi connectivity index (χ1v) is 14.5. The smallest absolute Gasteiger partial charge is 0.323 e. The summed E-state index contributed by atoms with van der Waals surface area (Å²) in [5.41, 5.74) is 0. The van der Waals surface area contributed by atoms with Gasteiger partial charge in [-0.15, -0.1) is 10.2 Å². The number of amides is 1. The molecule has 2 aromatic heterocycles. The fourth-order valence-corrected chi connectivity index (χ4v) is 6.11. The highest BCUT2D eigenvalue weighted by atomic mass is 32.2. The maximum atomic E-state index is 13.1. The van der Waals surface area contributed by atoms with Crippen LogP contribution in [0.3, 0.4) is 0 Å². The number of ketones is 1. The standard InChI is InChI=1S/C23H33N5O6S2/c1-16(2)15-18(24-21(30)17-9-5-4-6-10-17)20(29)22-25-26-23(34-22)35-14-13-27(3)36(32,33)19-11-7-8-12-28(19)31/h7-8,11-12,16-18H,4-6,9-10,13-15H2,1-3H3,(H,24,30)/t18-/m0/s1. The number of hydrogen-bond acceptors (Lipinski definition) is 9. The van der Waals surface area contributed by atoms with Crippen LogP contribution in [0.5, 0.6) is 0 Å². The molecule has 2 aromatic rings. The lowest BCUT2D eigenvalue weighted by molar-refractivity contribution is -0.646. The van der Waals surface area contributed by atoms with Crippen molar-refractivity contribution in [2.45, 2.75) is 68.7 Å². The summed E-state index contributed by atoms with van der Waals surface area (Å²) in [4.78, 5) is 25.8. The van der Waals surface area contributed by atoms with Crippen LogP contribution in [0.1, 0.15) is 63.1 Å². The van der Waals surface area contributed by atoms with Crippen molar-refractivity contribution >= 4 is 33.5 Å². The maximum Gasteiger partial charge on any atom is 0.323 e. The number of pyridine rings is 1. The number of nitrogens with one attached hydrogen (secondary N) is 1. The van der Waals surface area contributed by atoms with E-state index in [1.807, 2.05) is 13.8 Å². The second kappa shape index (κ2) is 12.6. The third kappa shape index (κ3) is 7.26. The van der Waals surface area contributed by atoms with Gasteiger partial charge in [0.2, 0.25) is 11.7 Å². The molecular weight excluding hydrogens is 506 g/mol. The third-order valence-corrected chi connectivity index (χ3v) is 8.67. The van der Waals surface area contributed by atoms with Crippen molar-refractivity contribution in [2.75, 3.05) is 19.3 Å². The molecule has 0 unspecified atom stereocenters. The molecule has 1 aliphatic rings. The summed E-state index contributed by atoms with van der Waals surface area (Å²) in [6.07, 6.45) is 6.40. The molecule has 36 heavy (non-hydrogen) atoms. The number of nitrogens with zero attached hydrogens (tertiary/aromatic N) is 4. The predicted molar refractivity (Wildman–Crippen MR) is 133 cm³/mol. The molecular formula is C23H33N5O6S2. The second-order valence-corrected chi connectivity index (χ2v) is 12.3. The van der Waals surface area contributed by atoms with Crippen LogP contribution in [0.2, 0.25) is 0 Å². The van der Waals surface area contributed by atoms with Crippen molar-refractivity contribution in [1.29, 1.82) is 0 Å². The monoisotopic (exact) mass is 539 g/mol. The Labute approximate surface area is 215 Å². The molecule has 1 aliphatic carbocycles. The third-order valence-electron chi connectivity index (χ3n) is 6.03. The van der Waals surface area contributed by atoms with E-state index >= 15 is 0 Å². The van der Waals surface area contributed by atoms with E-state index in [9.17, 15) is 23.2 Å². The summed E-state index contributed by atoms with van der Waals surface area (Å²) in [7, 11) is -2.59. The Kier molecular flexibility index (Phi) is 9.85. The highest BCUT2D eigenvalue weighted by Crippen LogP contribution is 2.25. The zero-order chi connectivity index (χ0) is 26.3. The lowest BCUT2D eigenvalue weighted by Gasteiger charge is -2.24. The van der Waals surface area contributed by atoms with Crippen LogP contribution in [0.15, 0.2) is 39.1 Å². The first kappa shape index (κ1) is 28.1. The van der Waals surface area contributed by atoms with Crippen molar-refractivity contribution in [2.24, 2.45) is 11.8 Å². The number of carbonyl (C=O) groups is 2. The van der Waals surface area contributed by atoms with Gasteiger partial charge >= 0.3 is 15.0 Å². The molecule has 1 amide bonds. The minimum absolute atomic E-state index is 0.0704. The number of rotatable bonds is 12. The van der Waals surface area contributed by atoms with Gasteiger partial charge in [-0.05, 0) is 31.2 Å². The van der Waals surface area contributed by atoms with Gasteiger partial charge in [0, 0.05) is 37.4 Å². The Morgan fingerprint density at radius 2 is 1.97 bits per heavy atom. The number of hydrogen-bond donors (Lipinski definition) is 1. The summed E-state index contributed by atoms with van der Waals surface area (Å²) in [6.45, 7) is 4.01. The highest BCUT2D eigenvalue weighted by molar-refractivity contribution is 7.99. The van der Waals surface area contributed by atoms with Gasteiger partial charge in [0.15, 0.2) is 6.20 Å². The van der Waals surface area contributed by atoms with Gasteiger partial charge in [-0.2, -0.15) is 9.04 Å². The average Bonchev–Trinajstić information content (AvgIpc) is 3.32. The molecule has 0 aromatic carbocycles. The minimum atomic E-state index is -3.97. The summed E-state index contributed by atoms with van der Waals surface area (Å²) in [5, 5.41) is 22.2. The van der Waals surface area contributed by atoms with E-state index < -0.39 is 21.8 Å². The van der Waals surface area contributed by atoms with Crippen molar-refractivity contribution in [3.05, 3.63) is 35.5 Å². The van der Waals surface area contributed by atoms with Gasteiger partial charge in [0.05, 0.1) is 6.04 Å². The van der Waals surface area contributed by atoms with Gasteiger partial charge in [-0.25, -0.2) is 8.42 Å². The van der Waals surface area contributed by atoms with Gasteiger partial charge in [0.25, 0.3) is 11.1 Å². The van der Waals surface area contributed by atoms with Crippen LogP contribution in [-0.4, -0.2) is 60.0 Å². The van der Waals surface area contributed by atoms with Crippen LogP contribution in [0, 0.1) is 17.0 Å². The Bertz CT molecular complexity index is 1150. The fourth-order valence-electron chi connectivity index (χ4n) is 4.03. The fraction of sp³-hybridized carbons (Fsp3) is 0.609. The van der Waals surface area contributed by atoms with Crippen LogP contribution < -0.4 is 10.0 Å². The minimum Gasteiger partial charge on any atom is -0.618 e. The lowest BCUT2D eigenvalue weighted by Crippen LogP contribution is -2.45. The van der Waals surface area contributed by atoms with Gasteiger partial charge in [-0.3, -0.25) is 9.59 Å². The molecule has 13 heteroatoms. The van der Waals surface area contributed by atoms with E-state index in [0.29, 0.717) is 11.2 Å². The van der Waals surface area contributed by atoms with Crippen LogP contribution in [-0.2, 0) is 14.8 Å². The van der Waals surface area contributed by atoms with Crippen molar-refractivity contribution in [3.63, 3.8) is 0 Å². The quantitative estimate of drug-likeness (QED) is 0.186. The Morgan fingerprint density at radius 1 is 1.25 bits per heavy atom. The number of sulfonamides is 1. The molecule has 1 atom stereocenters. The lowest BCUT2D eigenvalue weighted by atomic mass is 9.88.